The molecule has 0 spiro atoms. The minimum Gasteiger partial charge on any atom is -0.444 e. The van der Waals surface area contributed by atoms with Crippen molar-refractivity contribution in [3.63, 3.8) is 0 Å². The SMILES string of the molecule is CCCC(CCNC(=O)OC(C)(C)C)S(=O)(=O)c1ccc(Nc2ncc(/C=C/c3ccc4c(c3)CCC4=O)cn2)cc1. The van der Waals surface area contributed by atoms with E-state index in [-0.39, 0.29) is 23.6 Å². The van der Waals surface area contributed by atoms with E-state index in [9.17, 15) is 18.0 Å². The van der Waals surface area contributed by atoms with Gasteiger partial charge in [-0.25, -0.2) is 23.2 Å². The molecule has 1 aromatic heterocycles. The number of nitrogens with one attached hydrogen (secondary N) is 2. The Kier molecular flexibility index (Phi) is 9.78. The second-order valence-electron chi connectivity index (χ2n) is 11.3. The number of hydrogen-bond donors (Lipinski definition) is 2. The van der Waals surface area contributed by atoms with Crippen LogP contribution < -0.4 is 10.6 Å². The molecule has 3 aromatic rings. The van der Waals surface area contributed by atoms with Crippen LogP contribution in [0.4, 0.5) is 16.4 Å². The highest BCUT2D eigenvalue weighted by atomic mass is 32.2. The number of ketones is 1. The van der Waals surface area contributed by atoms with E-state index < -0.39 is 26.8 Å². The van der Waals surface area contributed by atoms with Gasteiger partial charge in [-0.2, -0.15) is 0 Å². The Bertz CT molecular complexity index is 1540. The van der Waals surface area contributed by atoms with Gasteiger partial charge in [0.25, 0.3) is 0 Å². The molecular formula is C32H38N4O5S. The third-order valence-electron chi connectivity index (χ3n) is 6.81. The first-order chi connectivity index (χ1) is 19.9. The van der Waals surface area contributed by atoms with Gasteiger partial charge in [-0.15, -0.1) is 0 Å². The van der Waals surface area contributed by atoms with Gasteiger partial charge in [0.1, 0.15) is 5.60 Å². The Morgan fingerprint density at radius 2 is 1.69 bits per heavy atom. The van der Waals surface area contributed by atoms with E-state index in [4.69, 9.17) is 4.74 Å². The fourth-order valence-corrected chi connectivity index (χ4v) is 6.61. The van der Waals surface area contributed by atoms with Crippen molar-refractivity contribution in [1.82, 2.24) is 15.3 Å². The summed E-state index contributed by atoms with van der Waals surface area (Å²) < 4.78 is 32.0. The first-order valence-corrected chi connectivity index (χ1v) is 15.7. The number of alkyl carbamates (subject to hydrolysis) is 1. The van der Waals surface area contributed by atoms with Crippen molar-refractivity contribution in [2.75, 3.05) is 11.9 Å². The van der Waals surface area contributed by atoms with Gasteiger partial charge in [0.2, 0.25) is 5.95 Å². The monoisotopic (exact) mass is 590 g/mol. The molecule has 0 aliphatic heterocycles. The molecule has 0 radical (unpaired) electrons. The molecule has 0 saturated heterocycles. The van der Waals surface area contributed by atoms with Crippen LogP contribution in [0.15, 0.2) is 59.8 Å². The summed E-state index contributed by atoms with van der Waals surface area (Å²) in [5, 5.41) is 5.13. The number of aryl methyl sites for hydroxylation is 1. The molecule has 222 valence electrons. The number of rotatable bonds is 11. The highest BCUT2D eigenvalue weighted by Gasteiger charge is 2.27. The van der Waals surface area contributed by atoms with E-state index in [1.165, 1.54) is 0 Å². The highest BCUT2D eigenvalue weighted by Crippen LogP contribution is 2.25. The van der Waals surface area contributed by atoms with Gasteiger partial charge in [0.05, 0.1) is 10.1 Å². The number of carbonyl (C=O) groups excluding carboxylic acids is 2. The van der Waals surface area contributed by atoms with Gasteiger partial charge in [-0.1, -0.05) is 43.7 Å². The zero-order valence-corrected chi connectivity index (χ0v) is 25.3. The molecule has 0 saturated carbocycles. The third kappa shape index (κ3) is 8.25. The topological polar surface area (TPSA) is 127 Å². The van der Waals surface area contributed by atoms with E-state index in [0.717, 1.165) is 28.7 Å². The molecule has 1 heterocycles. The maximum absolute atomic E-state index is 13.4. The fourth-order valence-electron chi connectivity index (χ4n) is 4.74. The van der Waals surface area contributed by atoms with Crippen LogP contribution in [0.2, 0.25) is 0 Å². The minimum atomic E-state index is -3.60. The predicted octanol–water partition coefficient (Wildman–Crippen LogP) is 6.38. The molecule has 1 unspecified atom stereocenters. The average molecular weight is 591 g/mol. The molecule has 10 heteroatoms. The summed E-state index contributed by atoms with van der Waals surface area (Å²) in [4.78, 5) is 32.7. The van der Waals surface area contributed by atoms with Crippen molar-refractivity contribution in [2.24, 2.45) is 0 Å². The Morgan fingerprint density at radius 3 is 2.36 bits per heavy atom. The van der Waals surface area contributed by atoms with Gasteiger partial charge in [-0.05, 0) is 75.4 Å². The number of fused-ring (bicyclic) bond motifs is 1. The van der Waals surface area contributed by atoms with Crippen molar-refractivity contribution in [3.8, 4) is 0 Å². The second kappa shape index (κ2) is 13.3. The molecule has 0 bridgehead atoms. The predicted molar refractivity (Wildman–Crippen MR) is 165 cm³/mol. The van der Waals surface area contributed by atoms with Gasteiger partial charge in [0.15, 0.2) is 15.6 Å². The van der Waals surface area contributed by atoms with E-state index in [1.807, 2.05) is 37.3 Å². The van der Waals surface area contributed by atoms with Gasteiger partial charge in [-0.3, -0.25) is 4.79 Å². The number of amides is 1. The smallest absolute Gasteiger partial charge is 0.407 e. The number of hydrogen-bond acceptors (Lipinski definition) is 8. The van der Waals surface area contributed by atoms with Crippen LogP contribution in [-0.2, 0) is 21.0 Å². The van der Waals surface area contributed by atoms with Crippen LogP contribution in [0, 0.1) is 0 Å². The lowest BCUT2D eigenvalue weighted by Crippen LogP contribution is -2.35. The van der Waals surface area contributed by atoms with Gasteiger partial charge in [0, 0.05) is 42.2 Å². The number of benzene rings is 2. The van der Waals surface area contributed by atoms with Crippen LogP contribution in [0.3, 0.4) is 0 Å². The van der Waals surface area contributed by atoms with Crippen LogP contribution in [0.25, 0.3) is 12.2 Å². The van der Waals surface area contributed by atoms with Crippen LogP contribution in [0.5, 0.6) is 0 Å². The number of Topliss-reactive ketones (excluding diaryl/α,β-unsaturated/α-hetero) is 1. The van der Waals surface area contributed by atoms with E-state index in [1.54, 1.807) is 57.4 Å². The fraction of sp³-hybridized carbons (Fsp3) is 0.375. The largest absolute Gasteiger partial charge is 0.444 e. The summed E-state index contributed by atoms with van der Waals surface area (Å²) in [5.74, 6) is 0.592. The Morgan fingerprint density at radius 1 is 1.00 bits per heavy atom. The first kappa shape index (κ1) is 30.9. The molecule has 4 rings (SSSR count). The molecular weight excluding hydrogens is 552 g/mol. The molecule has 9 nitrogen and oxygen atoms in total. The summed E-state index contributed by atoms with van der Waals surface area (Å²) in [5.41, 5.74) is 3.79. The van der Waals surface area contributed by atoms with Crippen molar-refractivity contribution < 1.29 is 22.7 Å². The molecule has 0 fully saturated rings. The summed E-state index contributed by atoms with van der Waals surface area (Å²) in [6.07, 6.45) is 9.56. The number of ether oxygens (including phenoxy) is 1. The molecule has 1 amide bonds. The van der Waals surface area contributed by atoms with E-state index in [2.05, 4.69) is 20.6 Å². The molecule has 1 aliphatic carbocycles. The number of nitrogens with zero attached hydrogens (tertiary/aromatic N) is 2. The Labute approximate surface area is 247 Å². The van der Waals surface area contributed by atoms with Gasteiger partial charge >= 0.3 is 6.09 Å². The quantitative estimate of drug-likeness (QED) is 0.263. The van der Waals surface area contributed by atoms with Crippen molar-refractivity contribution in [1.29, 1.82) is 0 Å². The van der Waals surface area contributed by atoms with Crippen LogP contribution in [0.1, 0.15) is 80.4 Å². The molecule has 2 aromatic carbocycles. The second-order valence-corrected chi connectivity index (χ2v) is 13.6. The first-order valence-electron chi connectivity index (χ1n) is 14.2. The molecule has 42 heavy (non-hydrogen) atoms. The summed E-state index contributed by atoms with van der Waals surface area (Å²) in [7, 11) is -3.60. The molecule has 2 N–H and O–H groups in total. The van der Waals surface area contributed by atoms with Crippen molar-refractivity contribution in [2.45, 2.75) is 75.5 Å². The van der Waals surface area contributed by atoms with Crippen LogP contribution >= 0.6 is 0 Å². The van der Waals surface area contributed by atoms with Crippen molar-refractivity contribution >= 4 is 45.5 Å². The maximum Gasteiger partial charge on any atom is 0.407 e. The van der Waals surface area contributed by atoms with E-state index in [0.29, 0.717) is 30.9 Å². The summed E-state index contributed by atoms with van der Waals surface area (Å²) in [6.45, 7) is 7.47. The van der Waals surface area contributed by atoms with Crippen LogP contribution in [-0.4, -0.2) is 47.7 Å². The number of aromatic nitrogens is 2. The lowest BCUT2D eigenvalue weighted by molar-refractivity contribution is 0.0526. The Balaban J connectivity index is 1.34. The summed E-state index contributed by atoms with van der Waals surface area (Å²) >= 11 is 0. The Hall–Kier alpha value is -4.05. The molecule has 1 atom stereocenters. The van der Waals surface area contributed by atoms with Gasteiger partial charge < -0.3 is 15.4 Å². The zero-order valence-electron chi connectivity index (χ0n) is 24.5. The zero-order chi connectivity index (χ0) is 30.3. The highest BCUT2D eigenvalue weighted by molar-refractivity contribution is 7.92. The van der Waals surface area contributed by atoms with Crippen molar-refractivity contribution in [3.05, 3.63) is 77.1 Å². The number of sulfone groups is 1. The molecule has 1 aliphatic rings. The average Bonchev–Trinajstić information content (AvgIpc) is 3.31. The normalized spacial score (nSPS) is 14.0. The number of anilines is 2. The lowest BCUT2D eigenvalue weighted by atomic mass is 10.1. The maximum atomic E-state index is 13.4. The number of carbonyl (C=O) groups is 2. The van der Waals surface area contributed by atoms with E-state index >= 15 is 0 Å². The summed E-state index contributed by atoms with van der Waals surface area (Å²) in [6, 6.07) is 12.4. The minimum absolute atomic E-state index is 0.204. The lowest BCUT2D eigenvalue weighted by Gasteiger charge is -2.21. The third-order valence-corrected chi connectivity index (χ3v) is 9.09. The standard InChI is InChI=1S/C32H38N4O5S/c1-5-6-26(17-18-33-31(38)41-32(2,3)4)42(39,40)27-13-11-25(12-14-27)36-30-34-20-23(21-35-30)8-7-22-9-15-28-24(19-22)10-16-29(28)37/h7-9,11-15,19-21,26H,5-6,10,16-18H2,1-4H3,(H,33,38)(H,34,35,36)/b8-7+.